The molecule has 1 aromatic heterocycles. The molecule has 0 unspecified atom stereocenters. The molecule has 0 bridgehead atoms. The van der Waals surface area contributed by atoms with Crippen LogP contribution in [0.1, 0.15) is 25.3 Å². The van der Waals surface area contributed by atoms with Crippen molar-refractivity contribution in [3.8, 4) is 0 Å². The Bertz CT molecular complexity index is 578. The van der Waals surface area contributed by atoms with Gasteiger partial charge in [-0.15, -0.1) is 10.2 Å². The van der Waals surface area contributed by atoms with Crippen LogP contribution in [-0.2, 0) is 6.42 Å². The van der Waals surface area contributed by atoms with E-state index in [1.807, 2.05) is 0 Å². The predicted molar refractivity (Wildman–Crippen MR) is 75.5 cm³/mol. The predicted octanol–water partition coefficient (Wildman–Crippen LogP) is 3.32. The van der Waals surface area contributed by atoms with Crippen molar-refractivity contribution in [3.05, 3.63) is 40.5 Å². The van der Waals surface area contributed by atoms with Crippen molar-refractivity contribution in [1.82, 2.24) is 10.2 Å². The summed E-state index contributed by atoms with van der Waals surface area (Å²) in [5.74, 6) is 0.311. The number of rotatable bonds is 5. The van der Waals surface area contributed by atoms with Gasteiger partial charge >= 0.3 is 0 Å². The molecule has 0 atom stereocenters. The molecule has 20 heavy (non-hydrogen) atoms. The van der Waals surface area contributed by atoms with E-state index in [4.69, 9.17) is 16.0 Å². The normalized spacial score (nSPS) is 11.8. The van der Waals surface area contributed by atoms with Gasteiger partial charge < -0.3 is 9.52 Å². The third-order valence-corrected chi connectivity index (χ3v) is 4.00. The average Bonchev–Trinajstić information content (AvgIpc) is 2.79. The molecule has 0 saturated heterocycles. The van der Waals surface area contributed by atoms with Gasteiger partial charge in [0.1, 0.15) is 5.82 Å². The molecule has 0 spiro atoms. The van der Waals surface area contributed by atoms with E-state index in [9.17, 15) is 9.50 Å². The number of hydrogen-bond acceptors (Lipinski definition) is 5. The molecule has 7 heteroatoms. The smallest absolute Gasteiger partial charge is 0.276 e. The quantitative estimate of drug-likeness (QED) is 0.858. The molecule has 1 aromatic carbocycles. The molecule has 0 saturated carbocycles. The molecule has 108 valence electrons. The summed E-state index contributed by atoms with van der Waals surface area (Å²) in [5, 5.41) is 18.0. The van der Waals surface area contributed by atoms with Crippen LogP contribution in [-0.4, -0.2) is 26.7 Å². The van der Waals surface area contributed by atoms with Crippen molar-refractivity contribution in [3.63, 3.8) is 0 Å². The standard InChI is InChI=1S/C13H14ClFN2O2S/c1-13(2,18)7-20-12-17-16-11(19-12)6-8-9(14)4-3-5-10(8)15/h3-5,18H,6-7H2,1-2H3. The van der Waals surface area contributed by atoms with Crippen LogP contribution in [0.25, 0.3) is 0 Å². The van der Waals surface area contributed by atoms with E-state index >= 15 is 0 Å². The Labute approximate surface area is 125 Å². The van der Waals surface area contributed by atoms with Gasteiger partial charge in [-0.05, 0) is 26.0 Å². The first-order valence-electron chi connectivity index (χ1n) is 5.95. The summed E-state index contributed by atoms with van der Waals surface area (Å²) in [7, 11) is 0. The number of halogens is 2. The van der Waals surface area contributed by atoms with Crippen LogP contribution in [0.3, 0.4) is 0 Å². The monoisotopic (exact) mass is 316 g/mol. The summed E-state index contributed by atoms with van der Waals surface area (Å²) >= 11 is 7.19. The number of aliphatic hydroxyl groups is 1. The maximum Gasteiger partial charge on any atom is 0.276 e. The lowest BCUT2D eigenvalue weighted by Crippen LogP contribution is -2.21. The first-order valence-corrected chi connectivity index (χ1v) is 7.32. The maximum absolute atomic E-state index is 13.6. The zero-order chi connectivity index (χ0) is 14.8. The van der Waals surface area contributed by atoms with Gasteiger partial charge in [-0.25, -0.2) is 4.39 Å². The van der Waals surface area contributed by atoms with Crippen molar-refractivity contribution in [1.29, 1.82) is 0 Å². The second kappa shape index (κ2) is 6.11. The highest BCUT2D eigenvalue weighted by atomic mass is 35.5. The third kappa shape index (κ3) is 4.19. The van der Waals surface area contributed by atoms with Gasteiger partial charge in [0.25, 0.3) is 5.22 Å². The first kappa shape index (κ1) is 15.3. The zero-order valence-corrected chi connectivity index (χ0v) is 12.6. The lowest BCUT2D eigenvalue weighted by molar-refractivity contribution is 0.106. The summed E-state index contributed by atoms with van der Waals surface area (Å²) in [6, 6.07) is 4.49. The second-order valence-corrected chi connectivity index (χ2v) is 6.27. The fraction of sp³-hybridized carbons (Fsp3) is 0.385. The maximum atomic E-state index is 13.6. The highest BCUT2D eigenvalue weighted by Gasteiger charge is 2.17. The third-order valence-electron chi connectivity index (χ3n) is 2.39. The Morgan fingerprint density at radius 2 is 2.15 bits per heavy atom. The molecule has 0 aliphatic rings. The van der Waals surface area contributed by atoms with Crippen LogP contribution in [0.5, 0.6) is 0 Å². The van der Waals surface area contributed by atoms with Crippen LogP contribution >= 0.6 is 23.4 Å². The van der Waals surface area contributed by atoms with Crippen molar-refractivity contribution in [2.24, 2.45) is 0 Å². The molecule has 0 amide bonds. The lowest BCUT2D eigenvalue weighted by atomic mass is 10.1. The second-order valence-electron chi connectivity index (χ2n) is 4.94. The Morgan fingerprint density at radius 1 is 1.40 bits per heavy atom. The van der Waals surface area contributed by atoms with E-state index in [-0.39, 0.29) is 12.3 Å². The van der Waals surface area contributed by atoms with Gasteiger partial charge in [-0.2, -0.15) is 0 Å². The SMILES string of the molecule is CC(C)(O)CSc1nnc(Cc2c(F)cccc2Cl)o1. The molecular weight excluding hydrogens is 303 g/mol. The van der Waals surface area contributed by atoms with E-state index in [2.05, 4.69) is 10.2 Å². The lowest BCUT2D eigenvalue weighted by Gasteiger charge is -2.13. The van der Waals surface area contributed by atoms with E-state index in [1.54, 1.807) is 26.0 Å². The Balaban J connectivity index is 2.06. The molecule has 0 aliphatic heterocycles. The molecule has 2 rings (SSSR count). The van der Waals surface area contributed by atoms with E-state index in [0.717, 1.165) is 0 Å². The van der Waals surface area contributed by atoms with Gasteiger partial charge in [0.05, 0.1) is 12.0 Å². The van der Waals surface area contributed by atoms with Crippen molar-refractivity contribution in [2.45, 2.75) is 31.1 Å². The molecule has 0 fully saturated rings. The van der Waals surface area contributed by atoms with Crippen LogP contribution in [0.2, 0.25) is 5.02 Å². The first-order chi connectivity index (χ1) is 9.35. The Morgan fingerprint density at radius 3 is 2.80 bits per heavy atom. The van der Waals surface area contributed by atoms with Crippen LogP contribution in [0.15, 0.2) is 27.8 Å². The number of nitrogens with zero attached hydrogens (tertiary/aromatic N) is 2. The van der Waals surface area contributed by atoms with Crippen LogP contribution in [0.4, 0.5) is 4.39 Å². The van der Waals surface area contributed by atoms with Gasteiger partial charge in [-0.3, -0.25) is 0 Å². The average molecular weight is 317 g/mol. The minimum atomic E-state index is -0.825. The van der Waals surface area contributed by atoms with Crippen molar-refractivity contribution >= 4 is 23.4 Å². The number of benzene rings is 1. The van der Waals surface area contributed by atoms with Crippen LogP contribution < -0.4 is 0 Å². The summed E-state index contributed by atoms with van der Waals surface area (Å²) in [5.41, 5.74) is -0.495. The minimum absolute atomic E-state index is 0.140. The highest BCUT2D eigenvalue weighted by Crippen LogP contribution is 2.25. The van der Waals surface area contributed by atoms with Gasteiger partial charge in [-0.1, -0.05) is 29.4 Å². The summed E-state index contributed by atoms with van der Waals surface area (Å²) < 4.78 is 19.0. The number of hydrogen-bond donors (Lipinski definition) is 1. The molecule has 2 aromatic rings. The molecular formula is C13H14ClFN2O2S. The largest absolute Gasteiger partial charge is 0.416 e. The number of thioether (sulfide) groups is 1. The van der Waals surface area contributed by atoms with Gasteiger partial charge in [0.2, 0.25) is 5.89 Å². The summed E-state index contributed by atoms with van der Waals surface area (Å²) in [6.45, 7) is 3.38. The van der Waals surface area contributed by atoms with Gasteiger partial charge in [0, 0.05) is 16.3 Å². The van der Waals surface area contributed by atoms with Crippen molar-refractivity contribution in [2.75, 3.05) is 5.75 Å². The van der Waals surface area contributed by atoms with Gasteiger partial charge in [0.15, 0.2) is 0 Å². The fourth-order valence-corrected chi connectivity index (χ4v) is 2.42. The molecule has 0 radical (unpaired) electrons. The summed E-state index contributed by atoms with van der Waals surface area (Å²) in [4.78, 5) is 0. The van der Waals surface area contributed by atoms with E-state index < -0.39 is 11.4 Å². The van der Waals surface area contributed by atoms with E-state index in [1.165, 1.54) is 17.8 Å². The number of aromatic nitrogens is 2. The highest BCUT2D eigenvalue weighted by molar-refractivity contribution is 7.99. The fourth-order valence-electron chi connectivity index (χ4n) is 1.46. The minimum Gasteiger partial charge on any atom is -0.416 e. The Kier molecular flexibility index (Phi) is 4.67. The molecule has 0 aliphatic carbocycles. The molecule has 1 heterocycles. The zero-order valence-electron chi connectivity index (χ0n) is 11.1. The topological polar surface area (TPSA) is 59.2 Å². The summed E-state index contributed by atoms with van der Waals surface area (Å²) in [6.07, 6.45) is 0.140. The molecule has 1 N–H and O–H groups in total. The van der Waals surface area contributed by atoms with Crippen LogP contribution in [0, 0.1) is 5.82 Å². The molecule has 4 nitrogen and oxygen atoms in total. The van der Waals surface area contributed by atoms with Crippen molar-refractivity contribution < 1.29 is 13.9 Å². The Hall–Kier alpha value is -1.11. The van der Waals surface area contributed by atoms with E-state index in [0.29, 0.717) is 21.6 Å².